The highest BCUT2D eigenvalue weighted by atomic mass is 16.1. The van der Waals surface area contributed by atoms with Crippen molar-refractivity contribution in [1.82, 2.24) is 14.9 Å². The molecular weight excluding hydrogens is 228 g/mol. The van der Waals surface area contributed by atoms with E-state index < -0.39 is 0 Å². The summed E-state index contributed by atoms with van der Waals surface area (Å²) in [6.45, 7) is 6.95. The molecule has 0 spiro atoms. The van der Waals surface area contributed by atoms with Gasteiger partial charge in [0.1, 0.15) is 0 Å². The van der Waals surface area contributed by atoms with Crippen LogP contribution in [-0.4, -0.2) is 35.7 Å². The maximum atomic E-state index is 12.3. The van der Waals surface area contributed by atoms with Crippen LogP contribution in [0.25, 0.3) is 0 Å². The molecule has 5 nitrogen and oxygen atoms in total. The summed E-state index contributed by atoms with van der Waals surface area (Å²) < 4.78 is 1.77. The van der Waals surface area contributed by atoms with Crippen molar-refractivity contribution < 1.29 is 0 Å². The van der Waals surface area contributed by atoms with E-state index in [4.69, 9.17) is 0 Å². The molecule has 3 heterocycles. The molecule has 1 aromatic heterocycles. The zero-order valence-corrected chi connectivity index (χ0v) is 10.8. The predicted molar refractivity (Wildman–Crippen MR) is 70.9 cm³/mol. The fraction of sp³-hybridized carbons (Fsp3) is 0.692. The summed E-state index contributed by atoms with van der Waals surface area (Å²) in [5.74, 6) is 2.01. The van der Waals surface area contributed by atoms with Crippen LogP contribution in [0.2, 0.25) is 0 Å². The smallest absolute Gasteiger partial charge is 0.293 e. The molecular formula is C13H20N4O. The van der Waals surface area contributed by atoms with Crippen LogP contribution in [0.4, 0.5) is 5.82 Å². The van der Waals surface area contributed by atoms with Gasteiger partial charge in [-0.3, -0.25) is 4.79 Å². The molecule has 5 heteroatoms. The Morgan fingerprint density at radius 1 is 1.39 bits per heavy atom. The van der Waals surface area contributed by atoms with Gasteiger partial charge in [-0.05, 0) is 18.3 Å². The first-order valence-corrected chi connectivity index (χ1v) is 6.80. The average molecular weight is 248 g/mol. The molecule has 3 rings (SSSR count). The minimum atomic E-state index is 0.0623. The van der Waals surface area contributed by atoms with E-state index in [0.717, 1.165) is 39.1 Å². The van der Waals surface area contributed by atoms with Crippen molar-refractivity contribution >= 4 is 5.82 Å². The van der Waals surface area contributed by atoms with Gasteiger partial charge in [-0.1, -0.05) is 6.92 Å². The quantitative estimate of drug-likeness (QED) is 0.836. The Labute approximate surface area is 107 Å². The van der Waals surface area contributed by atoms with Gasteiger partial charge in [-0.2, -0.15) is 0 Å². The molecule has 98 valence electrons. The first-order chi connectivity index (χ1) is 8.79. The second kappa shape index (κ2) is 4.72. The van der Waals surface area contributed by atoms with Crippen LogP contribution in [0, 0.1) is 11.8 Å². The fourth-order valence-corrected chi connectivity index (χ4v) is 3.10. The molecule has 2 aliphatic heterocycles. The zero-order chi connectivity index (χ0) is 12.5. The summed E-state index contributed by atoms with van der Waals surface area (Å²) in [6.07, 6.45) is 4.51. The maximum absolute atomic E-state index is 12.3. The lowest BCUT2D eigenvalue weighted by molar-refractivity contribution is 0.533. The first kappa shape index (κ1) is 11.7. The number of fused-ring (bicyclic) bond motifs is 1. The number of aryl methyl sites for hydroxylation is 1. The fourth-order valence-electron chi connectivity index (χ4n) is 3.10. The number of hydrogen-bond acceptors (Lipinski definition) is 4. The molecule has 0 unspecified atom stereocenters. The number of nitrogens with one attached hydrogen (secondary N) is 1. The summed E-state index contributed by atoms with van der Waals surface area (Å²) in [5.41, 5.74) is 0.0623. The summed E-state index contributed by atoms with van der Waals surface area (Å²) in [7, 11) is 0. The standard InChI is InChI=1S/C13H20N4O/c1-2-4-16-5-3-15-12(13(16)18)17-8-10-6-14-7-11(10)9-17/h3,5,10-11,14H,2,4,6-9H2,1H3/t10-,11+. The lowest BCUT2D eigenvalue weighted by Gasteiger charge is -2.18. The van der Waals surface area contributed by atoms with Crippen molar-refractivity contribution in [2.75, 3.05) is 31.1 Å². The number of aromatic nitrogens is 2. The van der Waals surface area contributed by atoms with Gasteiger partial charge < -0.3 is 14.8 Å². The molecule has 2 fully saturated rings. The number of rotatable bonds is 3. The molecule has 2 saturated heterocycles. The highest BCUT2D eigenvalue weighted by molar-refractivity contribution is 5.38. The topological polar surface area (TPSA) is 50.2 Å². The normalized spacial score (nSPS) is 26.6. The Morgan fingerprint density at radius 2 is 2.11 bits per heavy atom. The molecule has 18 heavy (non-hydrogen) atoms. The zero-order valence-electron chi connectivity index (χ0n) is 10.8. The van der Waals surface area contributed by atoms with Crippen molar-refractivity contribution in [3.63, 3.8) is 0 Å². The van der Waals surface area contributed by atoms with Crippen molar-refractivity contribution in [2.45, 2.75) is 19.9 Å². The second-order valence-electron chi connectivity index (χ2n) is 5.33. The van der Waals surface area contributed by atoms with E-state index in [9.17, 15) is 4.79 Å². The Hall–Kier alpha value is -1.36. The van der Waals surface area contributed by atoms with Gasteiger partial charge in [0.15, 0.2) is 5.82 Å². The Kier molecular flexibility index (Phi) is 3.07. The average Bonchev–Trinajstić information content (AvgIpc) is 2.92. The molecule has 0 amide bonds. The van der Waals surface area contributed by atoms with Crippen LogP contribution in [0.3, 0.4) is 0 Å². The minimum absolute atomic E-state index is 0.0623. The van der Waals surface area contributed by atoms with Crippen molar-refractivity contribution in [3.05, 3.63) is 22.7 Å². The molecule has 0 bridgehead atoms. The van der Waals surface area contributed by atoms with Gasteiger partial charge >= 0.3 is 0 Å². The Bertz CT molecular complexity index is 472. The molecule has 1 aromatic rings. The summed E-state index contributed by atoms with van der Waals surface area (Å²) in [4.78, 5) is 18.8. The lowest BCUT2D eigenvalue weighted by atomic mass is 10.0. The van der Waals surface area contributed by atoms with Crippen LogP contribution >= 0.6 is 0 Å². The van der Waals surface area contributed by atoms with Crippen molar-refractivity contribution in [1.29, 1.82) is 0 Å². The summed E-state index contributed by atoms with van der Waals surface area (Å²) in [6, 6.07) is 0. The van der Waals surface area contributed by atoms with E-state index in [1.54, 1.807) is 17.0 Å². The molecule has 2 atom stereocenters. The van der Waals surface area contributed by atoms with E-state index in [2.05, 4.69) is 22.1 Å². The highest BCUT2D eigenvalue weighted by Crippen LogP contribution is 2.27. The van der Waals surface area contributed by atoms with E-state index in [-0.39, 0.29) is 5.56 Å². The van der Waals surface area contributed by atoms with Crippen molar-refractivity contribution in [2.24, 2.45) is 11.8 Å². The van der Waals surface area contributed by atoms with E-state index in [1.165, 1.54) is 0 Å². The molecule has 0 saturated carbocycles. The third kappa shape index (κ3) is 1.92. The third-order valence-corrected chi connectivity index (χ3v) is 4.05. The molecule has 0 radical (unpaired) electrons. The van der Waals surface area contributed by atoms with Gasteiger partial charge in [0.2, 0.25) is 0 Å². The SMILES string of the molecule is CCCn1ccnc(N2C[C@H]3CNC[C@H]3C2)c1=O. The van der Waals surface area contributed by atoms with Crippen molar-refractivity contribution in [3.8, 4) is 0 Å². The Balaban J connectivity index is 1.85. The number of hydrogen-bond donors (Lipinski definition) is 1. The van der Waals surface area contributed by atoms with E-state index in [1.807, 2.05) is 0 Å². The maximum Gasteiger partial charge on any atom is 0.293 e. The van der Waals surface area contributed by atoms with Crippen LogP contribution < -0.4 is 15.8 Å². The largest absolute Gasteiger partial charge is 0.351 e. The second-order valence-corrected chi connectivity index (χ2v) is 5.33. The van der Waals surface area contributed by atoms with E-state index >= 15 is 0 Å². The minimum Gasteiger partial charge on any atom is -0.351 e. The van der Waals surface area contributed by atoms with Gasteiger partial charge in [0.25, 0.3) is 5.56 Å². The Morgan fingerprint density at radius 3 is 2.78 bits per heavy atom. The van der Waals surface area contributed by atoms with Crippen LogP contribution in [0.5, 0.6) is 0 Å². The molecule has 1 N–H and O–H groups in total. The lowest BCUT2D eigenvalue weighted by Crippen LogP contribution is -2.33. The third-order valence-electron chi connectivity index (χ3n) is 4.05. The van der Waals surface area contributed by atoms with Crippen LogP contribution in [0.15, 0.2) is 17.2 Å². The summed E-state index contributed by atoms with van der Waals surface area (Å²) >= 11 is 0. The number of nitrogens with zero attached hydrogens (tertiary/aromatic N) is 3. The first-order valence-electron chi connectivity index (χ1n) is 6.80. The van der Waals surface area contributed by atoms with Crippen LogP contribution in [0.1, 0.15) is 13.3 Å². The number of anilines is 1. The molecule has 2 aliphatic rings. The monoisotopic (exact) mass is 248 g/mol. The van der Waals surface area contributed by atoms with Gasteiger partial charge in [-0.25, -0.2) is 4.98 Å². The van der Waals surface area contributed by atoms with Gasteiger partial charge in [-0.15, -0.1) is 0 Å². The van der Waals surface area contributed by atoms with E-state index in [0.29, 0.717) is 17.7 Å². The molecule has 0 aromatic carbocycles. The van der Waals surface area contributed by atoms with Gasteiger partial charge in [0, 0.05) is 45.1 Å². The predicted octanol–water partition coefficient (Wildman–Crippen LogP) is 0.309. The highest BCUT2D eigenvalue weighted by Gasteiger charge is 2.37. The van der Waals surface area contributed by atoms with Crippen LogP contribution in [-0.2, 0) is 6.54 Å². The molecule has 0 aliphatic carbocycles. The summed E-state index contributed by atoms with van der Waals surface area (Å²) in [5, 5.41) is 3.41. The van der Waals surface area contributed by atoms with Gasteiger partial charge in [0.05, 0.1) is 0 Å².